The first-order chi connectivity index (χ1) is 8.47. The van der Waals surface area contributed by atoms with Gasteiger partial charge >= 0.3 is 0 Å². The molecule has 0 aromatic carbocycles. The number of thiazole rings is 1. The normalized spacial score (nSPS) is 12.0. The molecule has 2 aromatic rings. The summed E-state index contributed by atoms with van der Waals surface area (Å²) in [5, 5.41) is 8.99. The van der Waals surface area contributed by atoms with Crippen LogP contribution in [0.3, 0.4) is 0 Å². The van der Waals surface area contributed by atoms with Gasteiger partial charge in [-0.15, -0.1) is 22.7 Å². The minimum absolute atomic E-state index is 0.160. The number of rotatable bonds is 4. The highest BCUT2D eigenvalue weighted by Gasteiger charge is 2.17. The molecule has 2 nitrogen and oxygen atoms in total. The number of aryl methyl sites for hydroxylation is 1. The van der Waals surface area contributed by atoms with Gasteiger partial charge in [-0.05, 0) is 23.9 Å². The molecule has 0 aliphatic carbocycles. The van der Waals surface area contributed by atoms with Gasteiger partial charge in [0.1, 0.15) is 0 Å². The Morgan fingerprint density at radius 2 is 2.00 bits per heavy atom. The number of hydrogen-bond donors (Lipinski definition) is 1. The highest BCUT2D eigenvalue weighted by atomic mass is 32.1. The third kappa shape index (κ3) is 3.40. The molecule has 0 radical (unpaired) electrons. The van der Waals surface area contributed by atoms with E-state index in [9.17, 15) is 0 Å². The fourth-order valence-corrected chi connectivity index (χ4v) is 3.40. The lowest BCUT2D eigenvalue weighted by Gasteiger charge is -2.13. The predicted octanol–water partition coefficient (Wildman–Crippen LogP) is 4.10. The summed E-state index contributed by atoms with van der Waals surface area (Å²) < 4.78 is 0. The SMILES string of the molecule is Cc1ccsc1CNCc1csc(C(C)(C)C)n1. The van der Waals surface area contributed by atoms with Crippen molar-refractivity contribution in [2.24, 2.45) is 0 Å². The maximum absolute atomic E-state index is 4.68. The second-order valence-corrected chi connectivity index (χ2v) is 7.38. The van der Waals surface area contributed by atoms with Crippen LogP contribution in [0.25, 0.3) is 0 Å². The van der Waals surface area contributed by atoms with Gasteiger partial charge in [0.2, 0.25) is 0 Å². The number of nitrogens with zero attached hydrogens (tertiary/aromatic N) is 1. The van der Waals surface area contributed by atoms with Crippen LogP contribution in [0.2, 0.25) is 0 Å². The van der Waals surface area contributed by atoms with Gasteiger partial charge in [-0.25, -0.2) is 4.98 Å². The molecule has 0 bridgehead atoms. The number of hydrogen-bond acceptors (Lipinski definition) is 4. The van der Waals surface area contributed by atoms with Crippen LogP contribution in [0.5, 0.6) is 0 Å². The Kier molecular flexibility index (Phi) is 4.20. The number of aromatic nitrogens is 1. The molecule has 98 valence electrons. The molecule has 18 heavy (non-hydrogen) atoms. The van der Waals surface area contributed by atoms with Gasteiger partial charge in [0, 0.05) is 28.8 Å². The maximum atomic E-state index is 4.68. The third-order valence-electron chi connectivity index (χ3n) is 2.75. The second kappa shape index (κ2) is 5.51. The molecule has 2 rings (SSSR count). The van der Waals surface area contributed by atoms with E-state index in [1.54, 1.807) is 11.3 Å². The zero-order valence-electron chi connectivity index (χ0n) is 11.4. The first kappa shape index (κ1) is 13.7. The van der Waals surface area contributed by atoms with E-state index in [2.05, 4.69) is 54.8 Å². The molecule has 2 heterocycles. The minimum Gasteiger partial charge on any atom is -0.306 e. The van der Waals surface area contributed by atoms with Crippen molar-refractivity contribution in [3.8, 4) is 0 Å². The monoisotopic (exact) mass is 280 g/mol. The summed E-state index contributed by atoms with van der Waals surface area (Å²) in [6.07, 6.45) is 0. The molecule has 0 unspecified atom stereocenters. The van der Waals surface area contributed by atoms with Gasteiger partial charge in [-0.3, -0.25) is 0 Å². The molecule has 0 aliphatic rings. The maximum Gasteiger partial charge on any atom is 0.0982 e. The van der Waals surface area contributed by atoms with Crippen molar-refractivity contribution in [1.29, 1.82) is 0 Å². The minimum atomic E-state index is 0.160. The summed E-state index contributed by atoms with van der Waals surface area (Å²) in [4.78, 5) is 6.10. The van der Waals surface area contributed by atoms with E-state index in [0.717, 1.165) is 18.8 Å². The van der Waals surface area contributed by atoms with E-state index in [4.69, 9.17) is 0 Å². The number of thiophene rings is 1. The zero-order valence-corrected chi connectivity index (χ0v) is 13.0. The number of nitrogens with one attached hydrogen (secondary N) is 1. The molecule has 0 aliphatic heterocycles. The molecule has 4 heteroatoms. The molecule has 0 atom stereocenters. The average Bonchev–Trinajstić information content (AvgIpc) is 2.88. The van der Waals surface area contributed by atoms with Crippen molar-refractivity contribution in [3.63, 3.8) is 0 Å². The molecule has 0 saturated carbocycles. The summed E-state index contributed by atoms with van der Waals surface area (Å²) in [5.41, 5.74) is 2.69. The summed E-state index contributed by atoms with van der Waals surface area (Å²) in [6.45, 7) is 10.6. The molecular weight excluding hydrogens is 260 g/mol. The van der Waals surface area contributed by atoms with Crippen LogP contribution in [-0.2, 0) is 18.5 Å². The first-order valence-electron chi connectivity index (χ1n) is 6.15. The first-order valence-corrected chi connectivity index (χ1v) is 7.91. The summed E-state index contributed by atoms with van der Waals surface area (Å²) in [6, 6.07) is 2.17. The van der Waals surface area contributed by atoms with E-state index in [-0.39, 0.29) is 5.41 Å². The zero-order chi connectivity index (χ0) is 13.2. The fraction of sp³-hybridized carbons (Fsp3) is 0.500. The highest BCUT2D eigenvalue weighted by Crippen LogP contribution is 2.25. The van der Waals surface area contributed by atoms with Gasteiger partial charge in [-0.1, -0.05) is 20.8 Å². The quantitative estimate of drug-likeness (QED) is 0.912. The van der Waals surface area contributed by atoms with Crippen LogP contribution < -0.4 is 5.32 Å². The van der Waals surface area contributed by atoms with Crippen molar-refractivity contribution >= 4 is 22.7 Å². The second-order valence-electron chi connectivity index (χ2n) is 5.52. The Bertz CT molecular complexity index is 506. The van der Waals surface area contributed by atoms with E-state index < -0.39 is 0 Å². The average molecular weight is 280 g/mol. The molecule has 0 fully saturated rings. The fourth-order valence-electron chi connectivity index (χ4n) is 1.62. The summed E-state index contributed by atoms with van der Waals surface area (Å²) in [5.74, 6) is 0. The molecular formula is C14H20N2S2. The van der Waals surface area contributed by atoms with Crippen LogP contribution in [0, 0.1) is 6.92 Å². The summed E-state index contributed by atoms with van der Waals surface area (Å²) in [7, 11) is 0. The molecule has 0 spiro atoms. The van der Waals surface area contributed by atoms with E-state index in [1.807, 2.05) is 11.3 Å². The largest absolute Gasteiger partial charge is 0.306 e. The smallest absolute Gasteiger partial charge is 0.0982 e. The molecule has 0 amide bonds. The lowest BCUT2D eigenvalue weighted by molar-refractivity contribution is 0.579. The van der Waals surface area contributed by atoms with E-state index >= 15 is 0 Å². The Hall–Kier alpha value is -0.710. The topological polar surface area (TPSA) is 24.9 Å². The highest BCUT2D eigenvalue weighted by molar-refractivity contribution is 7.10. The predicted molar refractivity (Wildman–Crippen MR) is 80.4 cm³/mol. The van der Waals surface area contributed by atoms with Crippen LogP contribution in [0.15, 0.2) is 16.8 Å². The van der Waals surface area contributed by atoms with Gasteiger partial charge in [0.25, 0.3) is 0 Å². The van der Waals surface area contributed by atoms with E-state index in [1.165, 1.54) is 15.4 Å². The van der Waals surface area contributed by atoms with Crippen LogP contribution in [-0.4, -0.2) is 4.98 Å². The van der Waals surface area contributed by atoms with E-state index in [0.29, 0.717) is 0 Å². The van der Waals surface area contributed by atoms with Gasteiger partial charge < -0.3 is 5.32 Å². The lowest BCUT2D eigenvalue weighted by atomic mass is 9.98. The van der Waals surface area contributed by atoms with Gasteiger partial charge in [-0.2, -0.15) is 0 Å². The summed E-state index contributed by atoms with van der Waals surface area (Å²) >= 11 is 3.57. The molecule has 0 saturated heterocycles. The Balaban J connectivity index is 1.88. The third-order valence-corrected chi connectivity index (χ3v) is 5.09. The molecule has 1 N–H and O–H groups in total. The standard InChI is InChI=1S/C14H20N2S2/c1-10-5-6-17-12(10)8-15-7-11-9-18-13(16-11)14(2,3)4/h5-6,9,15H,7-8H2,1-4H3. The van der Waals surface area contributed by atoms with Crippen molar-refractivity contribution < 1.29 is 0 Å². The van der Waals surface area contributed by atoms with Gasteiger partial charge in [0.15, 0.2) is 0 Å². The van der Waals surface area contributed by atoms with Crippen LogP contribution in [0.4, 0.5) is 0 Å². The van der Waals surface area contributed by atoms with Crippen LogP contribution in [0.1, 0.15) is 41.9 Å². The van der Waals surface area contributed by atoms with Crippen molar-refractivity contribution in [2.75, 3.05) is 0 Å². The van der Waals surface area contributed by atoms with Crippen LogP contribution >= 0.6 is 22.7 Å². The van der Waals surface area contributed by atoms with Crippen molar-refractivity contribution in [1.82, 2.24) is 10.3 Å². The van der Waals surface area contributed by atoms with Gasteiger partial charge in [0.05, 0.1) is 10.7 Å². The Morgan fingerprint density at radius 1 is 1.22 bits per heavy atom. The van der Waals surface area contributed by atoms with Crippen molar-refractivity contribution in [2.45, 2.75) is 46.2 Å². The Labute approximate surface area is 117 Å². The van der Waals surface area contributed by atoms with Crippen molar-refractivity contribution in [3.05, 3.63) is 38.0 Å². The lowest BCUT2D eigenvalue weighted by Crippen LogP contribution is -2.14. The molecule has 2 aromatic heterocycles. The Morgan fingerprint density at radius 3 is 2.56 bits per heavy atom.